The highest BCUT2D eigenvalue weighted by molar-refractivity contribution is 6.35. The predicted molar refractivity (Wildman–Crippen MR) is 97.3 cm³/mol. The Morgan fingerprint density at radius 1 is 1.16 bits per heavy atom. The van der Waals surface area contributed by atoms with E-state index in [1.54, 1.807) is 24.3 Å². The summed E-state index contributed by atoms with van der Waals surface area (Å²) in [7, 11) is 0. The van der Waals surface area contributed by atoms with E-state index in [9.17, 15) is 9.18 Å². The average molecular weight is 382 g/mol. The van der Waals surface area contributed by atoms with E-state index < -0.39 is 0 Å². The number of quaternary nitrogens is 1. The third kappa shape index (κ3) is 5.43. The van der Waals surface area contributed by atoms with Gasteiger partial charge in [-0.3, -0.25) is 4.79 Å². The predicted octanol–water partition coefficient (Wildman–Crippen LogP) is 3.00. The molecule has 0 radical (unpaired) electrons. The first-order valence-electron chi connectivity index (χ1n) is 8.31. The standard InChI is InChI=1S/C19H19Cl2FN2O/c20-15-4-3-14(18(21)9-15)10-23-19(25)12-24(17-7-8-17)11-13-1-5-16(22)6-2-13/h1-6,9,17H,7-8,10-12H2,(H,23,25)/p+1. The fourth-order valence-electron chi connectivity index (χ4n) is 2.83. The third-order valence-electron chi connectivity index (χ3n) is 4.38. The van der Waals surface area contributed by atoms with Crippen LogP contribution in [0, 0.1) is 5.82 Å². The van der Waals surface area contributed by atoms with Gasteiger partial charge in [-0.1, -0.05) is 41.4 Å². The van der Waals surface area contributed by atoms with Gasteiger partial charge in [-0.2, -0.15) is 0 Å². The van der Waals surface area contributed by atoms with Crippen LogP contribution in [-0.2, 0) is 17.9 Å². The molecule has 2 aromatic rings. The van der Waals surface area contributed by atoms with Crippen molar-refractivity contribution < 1.29 is 14.1 Å². The lowest BCUT2D eigenvalue weighted by Gasteiger charge is -2.19. The van der Waals surface area contributed by atoms with Gasteiger partial charge in [0.2, 0.25) is 0 Å². The fourth-order valence-corrected chi connectivity index (χ4v) is 3.31. The van der Waals surface area contributed by atoms with Crippen LogP contribution in [0.2, 0.25) is 10.0 Å². The number of carbonyl (C=O) groups excluding carboxylic acids is 1. The Morgan fingerprint density at radius 3 is 2.52 bits per heavy atom. The first-order chi connectivity index (χ1) is 12.0. The van der Waals surface area contributed by atoms with Gasteiger partial charge < -0.3 is 10.2 Å². The SMILES string of the molecule is O=C(C[NH+](Cc1ccc(F)cc1)C1CC1)NCc1ccc(Cl)cc1Cl. The van der Waals surface area contributed by atoms with Gasteiger partial charge in [0.25, 0.3) is 5.91 Å². The molecule has 2 aromatic carbocycles. The summed E-state index contributed by atoms with van der Waals surface area (Å²) in [4.78, 5) is 13.5. The van der Waals surface area contributed by atoms with E-state index in [1.807, 2.05) is 6.07 Å². The van der Waals surface area contributed by atoms with E-state index in [1.165, 1.54) is 17.0 Å². The fraction of sp³-hybridized carbons (Fsp3) is 0.316. The number of hydrogen-bond donors (Lipinski definition) is 2. The summed E-state index contributed by atoms with van der Waals surface area (Å²) in [5.74, 6) is -0.260. The molecular weight excluding hydrogens is 362 g/mol. The zero-order valence-corrected chi connectivity index (χ0v) is 15.2. The lowest BCUT2D eigenvalue weighted by Crippen LogP contribution is -3.13. The van der Waals surface area contributed by atoms with Gasteiger partial charge in [0.1, 0.15) is 12.4 Å². The van der Waals surface area contributed by atoms with Crippen molar-refractivity contribution in [2.75, 3.05) is 6.54 Å². The number of amides is 1. The molecule has 132 valence electrons. The van der Waals surface area contributed by atoms with Crippen molar-refractivity contribution in [3.05, 3.63) is 69.5 Å². The van der Waals surface area contributed by atoms with E-state index in [2.05, 4.69) is 5.32 Å². The van der Waals surface area contributed by atoms with Crippen LogP contribution in [0.4, 0.5) is 4.39 Å². The largest absolute Gasteiger partial charge is 0.347 e. The molecule has 0 saturated heterocycles. The van der Waals surface area contributed by atoms with Gasteiger partial charge in [-0.05, 0) is 29.8 Å². The maximum atomic E-state index is 13.0. The highest BCUT2D eigenvalue weighted by atomic mass is 35.5. The first kappa shape index (κ1) is 18.2. The van der Waals surface area contributed by atoms with Crippen molar-refractivity contribution in [1.82, 2.24) is 5.32 Å². The summed E-state index contributed by atoms with van der Waals surface area (Å²) >= 11 is 12.0. The Bertz CT molecular complexity index is 748. The molecule has 3 nitrogen and oxygen atoms in total. The van der Waals surface area contributed by atoms with Crippen LogP contribution in [0.25, 0.3) is 0 Å². The maximum Gasteiger partial charge on any atom is 0.275 e. The van der Waals surface area contributed by atoms with Gasteiger partial charge in [0.15, 0.2) is 6.54 Å². The Balaban J connectivity index is 1.54. The van der Waals surface area contributed by atoms with Crippen molar-refractivity contribution >= 4 is 29.1 Å². The molecule has 1 fully saturated rings. The van der Waals surface area contributed by atoms with Crippen LogP contribution in [0.3, 0.4) is 0 Å². The van der Waals surface area contributed by atoms with Crippen molar-refractivity contribution in [3.8, 4) is 0 Å². The minimum absolute atomic E-state index is 0.0185. The minimum Gasteiger partial charge on any atom is -0.347 e. The summed E-state index contributed by atoms with van der Waals surface area (Å²) in [5.41, 5.74) is 1.88. The molecule has 0 aliphatic heterocycles. The lowest BCUT2D eigenvalue weighted by molar-refractivity contribution is -0.917. The number of hydrogen-bond acceptors (Lipinski definition) is 1. The third-order valence-corrected chi connectivity index (χ3v) is 4.96. The number of nitrogens with one attached hydrogen (secondary N) is 2. The normalized spacial score (nSPS) is 15.0. The summed E-state index contributed by atoms with van der Waals surface area (Å²) in [6.45, 7) is 1.50. The molecule has 3 rings (SSSR count). The van der Waals surface area contributed by atoms with Gasteiger partial charge in [0.05, 0.1) is 6.04 Å². The molecule has 1 atom stereocenters. The summed E-state index contributed by atoms with van der Waals surface area (Å²) in [5, 5.41) is 4.04. The molecular formula is C19H20Cl2FN2O+. The second-order valence-corrected chi connectivity index (χ2v) is 7.27. The summed E-state index contributed by atoms with van der Waals surface area (Å²) in [6.07, 6.45) is 2.26. The monoisotopic (exact) mass is 381 g/mol. The maximum absolute atomic E-state index is 13.0. The van der Waals surface area contributed by atoms with E-state index in [4.69, 9.17) is 23.2 Å². The Kier molecular flexibility index (Phi) is 5.94. The molecule has 1 amide bonds. The summed E-state index contributed by atoms with van der Waals surface area (Å²) in [6, 6.07) is 12.2. The lowest BCUT2D eigenvalue weighted by atomic mass is 10.2. The van der Waals surface area contributed by atoms with Crippen LogP contribution in [0.15, 0.2) is 42.5 Å². The molecule has 6 heteroatoms. The molecule has 25 heavy (non-hydrogen) atoms. The highest BCUT2D eigenvalue weighted by Crippen LogP contribution is 2.20. The molecule has 2 N–H and O–H groups in total. The van der Waals surface area contributed by atoms with E-state index in [0.29, 0.717) is 29.2 Å². The molecule has 0 heterocycles. The van der Waals surface area contributed by atoms with Crippen molar-refractivity contribution in [2.45, 2.75) is 32.0 Å². The molecule has 1 unspecified atom stereocenters. The van der Waals surface area contributed by atoms with Gasteiger partial charge in [-0.25, -0.2) is 4.39 Å². The molecule has 1 aliphatic carbocycles. The first-order valence-corrected chi connectivity index (χ1v) is 9.06. The molecule has 0 spiro atoms. The van der Waals surface area contributed by atoms with Gasteiger partial charge >= 0.3 is 0 Å². The smallest absolute Gasteiger partial charge is 0.275 e. The Labute approximate surface area is 156 Å². The van der Waals surface area contributed by atoms with E-state index in [-0.39, 0.29) is 11.7 Å². The molecule has 0 bridgehead atoms. The number of benzene rings is 2. The van der Waals surface area contributed by atoms with Crippen LogP contribution < -0.4 is 10.2 Å². The minimum atomic E-state index is -0.241. The quantitative estimate of drug-likeness (QED) is 0.759. The van der Waals surface area contributed by atoms with Crippen molar-refractivity contribution in [1.29, 1.82) is 0 Å². The average Bonchev–Trinajstić information content (AvgIpc) is 3.40. The van der Waals surface area contributed by atoms with Gasteiger partial charge in [-0.15, -0.1) is 0 Å². The van der Waals surface area contributed by atoms with E-state index in [0.717, 1.165) is 30.5 Å². The van der Waals surface area contributed by atoms with Crippen LogP contribution in [-0.4, -0.2) is 18.5 Å². The Hall–Kier alpha value is -1.62. The number of halogens is 3. The molecule has 1 saturated carbocycles. The zero-order chi connectivity index (χ0) is 17.8. The van der Waals surface area contributed by atoms with Crippen molar-refractivity contribution in [2.24, 2.45) is 0 Å². The van der Waals surface area contributed by atoms with Crippen LogP contribution in [0.5, 0.6) is 0 Å². The topological polar surface area (TPSA) is 33.5 Å². The highest BCUT2D eigenvalue weighted by Gasteiger charge is 2.34. The zero-order valence-electron chi connectivity index (χ0n) is 13.7. The summed E-state index contributed by atoms with van der Waals surface area (Å²) < 4.78 is 13.0. The van der Waals surface area contributed by atoms with E-state index >= 15 is 0 Å². The second-order valence-electron chi connectivity index (χ2n) is 6.43. The van der Waals surface area contributed by atoms with Crippen LogP contribution in [0.1, 0.15) is 24.0 Å². The van der Waals surface area contributed by atoms with Crippen LogP contribution >= 0.6 is 23.2 Å². The molecule has 1 aliphatic rings. The second kappa shape index (κ2) is 8.17. The molecule has 0 aromatic heterocycles. The number of carbonyl (C=O) groups is 1. The Morgan fingerprint density at radius 2 is 1.88 bits per heavy atom. The van der Waals surface area contributed by atoms with Crippen molar-refractivity contribution in [3.63, 3.8) is 0 Å². The van der Waals surface area contributed by atoms with Gasteiger partial charge in [0, 0.05) is 35.0 Å². The number of rotatable bonds is 7.